The molecule has 2 nitrogen and oxygen atoms in total. The minimum Gasteiger partial charge on any atom is -0.309 e. The molecule has 0 spiro atoms. The fourth-order valence-electron chi connectivity index (χ4n) is 7.25. The molecule has 48 heavy (non-hydrogen) atoms. The molecule has 0 aliphatic heterocycles. The second-order valence-corrected chi connectivity index (χ2v) is 12.2. The lowest BCUT2D eigenvalue weighted by molar-refractivity contribution is 1.18. The first-order valence-corrected chi connectivity index (χ1v) is 16.5. The SMILES string of the molecule is c1ccc(N(c2ccccc2-c2ccccc2-c2ccc3c4ccccc4n(-c4ccccc4)c3c2)c2cccc3ccccc23)cc1. The van der Waals surface area contributed by atoms with E-state index in [-0.39, 0.29) is 0 Å². The summed E-state index contributed by atoms with van der Waals surface area (Å²) in [6.45, 7) is 0. The van der Waals surface area contributed by atoms with Crippen LogP contribution >= 0.6 is 0 Å². The molecule has 8 aromatic carbocycles. The standard InChI is InChI=1S/C46H32N2/c1-3-18-35(19-4-1)47(43-29-15-17-33-16-7-8-23-38(33)43)44-27-13-11-25-40(44)39-24-10-9-22-37(39)34-30-31-42-41-26-12-14-28-45(41)48(46(42)32-34)36-20-5-2-6-21-36/h1-32H. The summed E-state index contributed by atoms with van der Waals surface area (Å²) in [5.74, 6) is 0. The summed E-state index contributed by atoms with van der Waals surface area (Å²) < 4.78 is 2.39. The van der Waals surface area contributed by atoms with Gasteiger partial charge in [-0.1, -0.05) is 146 Å². The van der Waals surface area contributed by atoms with Crippen molar-refractivity contribution in [1.82, 2.24) is 4.57 Å². The molecule has 0 unspecified atom stereocenters. The summed E-state index contributed by atoms with van der Waals surface area (Å²) in [4.78, 5) is 2.41. The highest BCUT2D eigenvalue weighted by atomic mass is 15.1. The Balaban J connectivity index is 1.27. The van der Waals surface area contributed by atoms with Gasteiger partial charge in [-0.25, -0.2) is 0 Å². The summed E-state index contributed by atoms with van der Waals surface area (Å²) in [5, 5.41) is 4.94. The molecule has 0 radical (unpaired) electrons. The van der Waals surface area contributed by atoms with E-state index in [1.165, 1.54) is 54.8 Å². The third kappa shape index (κ3) is 4.66. The van der Waals surface area contributed by atoms with Gasteiger partial charge in [0, 0.05) is 33.1 Å². The van der Waals surface area contributed by atoms with E-state index >= 15 is 0 Å². The van der Waals surface area contributed by atoms with Crippen LogP contribution in [-0.4, -0.2) is 4.57 Å². The number of hydrogen-bond donors (Lipinski definition) is 0. The van der Waals surface area contributed by atoms with E-state index < -0.39 is 0 Å². The zero-order valence-corrected chi connectivity index (χ0v) is 26.4. The molecular formula is C46H32N2. The molecule has 0 aliphatic carbocycles. The van der Waals surface area contributed by atoms with Gasteiger partial charge in [0.1, 0.15) is 0 Å². The monoisotopic (exact) mass is 612 g/mol. The number of fused-ring (bicyclic) bond motifs is 4. The van der Waals surface area contributed by atoms with Gasteiger partial charge in [-0.3, -0.25) is 0 Å². The van der Waals surface area contributed by atoms with Crippen LogP contribution < -0.4 is 4.90 Å². The number of anilines is 3. The Kier molecular flexibility index (Phi) is 6.84. The average Bonchev–Trinajstić information content (AvgIpc) is 3.50. The Morgan fingerprint density at radius 3 is 1.77 bits per heavy atom. The molecule has 0 aliphatic rings. The number of aromatic nitrogens is 1. The van der Waals surface area contributed by atoms with E-state index in [9.17, 15) is 0 Å². The summed E-state index contributed by atoms with van der Waals surface area (Å²) >= 11 is 0. The molecule has 1 aromatic heterocycles. The van der Waals surface area contributed by atoms with Crippen LogP contribution in [0.25, 0.3) is 60.5 Å². The Bertz CT molecular complexity index is 2560. The van der Waals surface area contributed by atoms with Crippen LogP contribution in [0, 0.1) is 0 Å². The summed E-state index contributed by atoms with van der Waals surface area (Å²) in [6, 6.07) is 69.9. The summed E-state index contributed by atoms with van der Waals surface area (Å²) in [6.07, 6.45) is 0. The highest BCUT2D eigenvalue weighted by Gasteiger charge is 2.21. The van der Waals surface area contributed by atoms with Crippen molar-refractivity contribution < 1.29 is 0 Å². The number of nitrogens with zero attached hydrogens (tertiary/aromatic N) is 2. The van der Waals surface area contributed by atoms with E-state index in [1.807, 2.05) is 0 Å². The molecule has 226 valence electrons. The summed E-state index contributed by atoms with van der Waals surface area (Å²) in [7, 11) is 0. The Labute approximate surface area is 280 Å². The lowest BCUT2D eigenvalue weighted by atomic mass is 9.92. The van der Waals surface area contributed by atoms with Gasteiger partial charge >= 0.3 is 0 Å². The quantitative estimate of drug-likeness (QED) is 0.181. The van der Waals surface area contributed by atoms with Gasteiger partial charge in [0.05, 0.1) is 22.4 Å². The molecule has 9 rings (SSSR count). The predicted molar refractivity (Wildman–Crippen MR) is 204 cm³/mol. The largest absolute Gasteiger partial charge is 0.309 e. The maximum absolute atomic E-state index is 2.41. The molecular weight excluding hydrogens is 581 g/mol. The fourth-order valence-corrected chi connectivity index (χ4v) is 7.25. The smallest absolute Gasteiger partial charge is 0.0547 e. The van der Waals surface area contributed by atoms with Gasteiger partial charge in [-0.2, -0.15) is 0 Å². The van der Waals surface area contributed by atoms with Crippen molar-refractivity contribution >= 4 is 49.6 Å². The predicted octanol–water partition coefficient (Wildman–Crippen LogP) is 12.7. The zero-order valence-electron chi connectivity index (χ0n) is 26.4. The van der Waals surface area contributed by atoms with Gasteiger partial charge in [0.25, 0.3) is 0 Å². The lowest BCUT2D eigenvalue weighted by Crippen LogP contribution is -2.11. The minimum absolute atomic E-state index is 1.12. The van der Waals surface area contributed by atoms with Crippen molar-refractivity contribution in [3.63, 3.8) is 0 Å². The first-order valence-electron chi connectivity index (χ1n) is 16.5. The van der Waals surface area contributed by atoms with Gasteiger partial charge in [-0.15, -0.1) is 0 Å². The molecule has 0 bridgehead atoms. The van der Waals surface area contributed by atoms with Crippen molar-refractivity contribution in [1.29, 1.82) is 0 Å². The van der Waals surface area contributed by atoms with Gasteiger partial charge in [0.2, 0.25) is 0 Å². The van der Waals surface area contributed by atoms with Crippen LogP contribution in [0.3, 0.4) is 0 Å². The molecule has 0 saturated heterocycles. The molecule has 2 heteroatoms. The van der Waals surface area contributed by atoms with E-state index in [2.05, 4.69) is 204 Å². The topological polar surface area (TPSA) is 8.17 Å². The normalized spacial score (nSPS) is 11.3. The highest BCUT2D eigenvalue weighted by molar-refractivity contribution is 6.11. The van der Waals surface area contributed by atoms with Crippen LogP contribution in [0.2, 0.25) is 0 Å². The van der Waals surface area contributed by atoms with Crippen molar-refractivity contribution in [3.8, 4) is 27.9 Å². The second-order valence-electron chi connectivity index (χ2n) is 12.2. The van der Waals surface area contributed by atoms with E-state index in [0.717, 1.165) is 22.7 Å². The zero-order chi connectivity index (χ0) is 31.9. The van der Waals surface area contributed by atoms with Crippen molar-refractivity contribution in [3.05, 3.63) is 194 Å². The Morgan fingerprint density at radius 2 is 0.938 bits per heavy atom. The fraction of sp³-hybridized carbons (Fsp3) is 0. The number of benzene rings is 8. The minimum atomic E-state index is 1.12. The molecule has 0 N–H and O–H groups in total. The van der Waals surface area contributed by atoms with E-state index in [4.69, 9.17) is 0 Å². The van der Waals surface area contributed by atoms with E-state index in [1.54, 1.807) is 0 Å². The van der Waals surface area contributed by atoms with Crippen LogP contribution in [0.1, 0.15) is 0 Å². The molecule has 0 fully saturated rings. The average molecular weight is 613 g/mol. The van der Waals surface area contributed by atoms with E-state index in [0.29, 0.717) is 0 Å². The molecule has 1 heterocycles. The molecule has 0 amide bonds. The summed E-state index contributed by atoms with van der Waals surface area (Å²) in [5.41, 5.74) is 11.7. The van der Waals surface area contributed by atoms with Crippen molar-refractivity contribution in [2.24, 2.45) is 0 Å². The number of hydrogen-bond acceptors (Lipinski definition) is 1. The Morgan fingerprint density at radius 1 is 0.354 bits per heavy atom. The van der Waals surface area contributed by atoms with Crippen LogP contribution in [0.4, 0.5) is 17.1 Å². The van der Waals surface area contributed by atoms with Crippen molar-refractivity contribution in [2.75, 3.05) is 4.90 Å². The van der Waals surface area contributed by atoms with Gasteiger partial charge < -0.3 is 9.47 Å². The van der Waals surface area contributed by atoms with Crippen LogP contribution in [-0.2, 0) is 0 Å². The second kappa shape index (κ2) is 11.8. The lowest BCUT2D eigenvalue weighted by Gasteiger charge is -2.29. The third-order valence-corrected chi connectivity index (χ3v) is 9.38. The first-order chi connectivity index (χ1) is 23.8. The van der Waals surface area contributed by atoms with Crippen LogP contribution in [0.5, 0.6) is 0 Å². The maximum Gasteiger partial charge on any atom is 0.0547 e. The van der Waals surface area contributed by atoms with Crippen molar-refractivity contribution in [2.45, 2.75) is 0 Å². The third-order valence-electron chi connectivity index (χ3n) is 9.38. The highest BCUT2D eigenvalue weighted by Crippen LogP contribution is 2.45. The molecule has 9 aromatic rings. The molecule has 0 saturated carbocycles. The Hall–Kier alpha value is -6.38. The number of rotatable bonds is 6. The molecule has 0 atom stereocenters. The van der Waals surface area contributed by atoms with Gasteiger partial charge in [-0.05, 0) is 70.6 Å². The maximum atomic E-state index is 2.41. The number of para-hydroxylation sites is 4. The van der Waals surface area contributed by atoms with Crippen LogP contribution in [0.15, 0.2) is 194 Å². The first kappa shape index (κ1) is 27.9. The van der Waals surface area contributed by atoms with Gasteiger partial charge in [0.15, 0.2) is 0 Å².